The molecule has 110 valence electrons. The number of hydrogen-bond acceptors (Lipinski definition) is 2. The molecule has 1 amide bonds. The zero-order chi connectivity index (χ0) is 15.4. The summed E-state index contributed by atoms with van der Waals surface area (Å²) in [4.78, 5) is 15.3. The number of rotatable bonds is 4. The fraction of sp³-hybridized carbons (Fsp3) is 0.188. The van der Waals surface area contributed by atoms with Crippen molar-refractivity contribution in [1.29, 1.82) is 0 Å². The zero-order valence-electron chi connectivity index (χ0n) is 11.8. The maximum absolute atomic E-state index is 12.4. The predicted octanol–water partition coefficient (Wildman–Crippen LogP) is 5.10. The Morgan fingerprint density at radius 1 is 1.24 bits per heavy atom. The van der Waals surface area contributed by atoms with Gasteiger partial charge in [-0.05, 0) is 58.1 Å². The molecule has 2 aromatic rings. The number of hydrogen-bond donors (Lipinski definition) is 0. The molecular weight excluding hydrogens is 370 g/mol. The van der Waals surface area contributed by atoms with E-state index in [9.17, 15) is 4.79 Å². The van der Waals surface area contributed by atoms with Crippen molar-refractivity contribution in [1.82, 2.24) is 4.90 Å². The maximum Gasteiger partial charge on any atom is 0.253 e. The topological polar surface area (TPSA) is 20.3 Å². The van der Waals surface area contributed by atoms with Crippen LogP contribution >= 0.6 is 39.3 Å². The van der Waals surface area contributed by atoms with Crippen molar-refractivity contribution in [3.05, 3.63) is 63.1 Å². The van der Waals surface area contributed by atoms with Crippen LogP contribution in [0.25, 0.3) is 0 Å². The van der Waals surface area contributed by atoms with Crippen molar-refractivity contribution in [3.8, 4) is 0 Å². The molecule has 2 rings (SSSR count). The summed E-state index contributed by atoms with van der Waals surface area (Å²) in [5.41, 5.74) is 1.73. The second kappa shape index (κ2) is 7.34. The summed E-state index contributed by atoms with van der Waals surface area (Å²) in [7, 11) is 1.80. The highest BCUT2D eigenvalue weighted by molar-refractivity contribution is 9.10. The average molecular weight is 385 g/mol. The first-order valence-corrected chi connectivity index (χ1v) is 8.74. The molecule has 0 bridgehead atoms. The van der Waals surface area contributed by atoms with Crippen molar-refractivity contribution in [2.24, 2.45) is 0 Å². The zero-order valence-corrected chi connectivity index (χ0v) is 14.9. The van der Waals surface area contributed by atoms with E-state index in [0.29, 0.717) is 17.1 Å². The molecule has 0 spiro atoms. The molecule has 0 saturated carbocycles. The van der Waals surface area contributed by atoms with Gasteiger partial charge in [0.2, 0.25) is 0 Å². The van der Waals surface area contributed by atoms with Crippen LogP contribution in [0.5, 0.6) is 0 Å². The molecule has 0 unspecified atom stereocenters. The molecule has 21 heavy (non-hydrogen) atoms. The van der Waals surface area contributed by atoms with Gasteiger partial charge in [0.1, 0.15) is 0 Å². The lowest BCUT2D eigenvalue weighted by Gasteiger charge is -2.18. The highest BCUT2D eigenvalue weighted by Crippen LogP contribution is 2.24. The molecule has 0 N–H and O–H groups in total. The van der Waals surface area contributed by atoms with Crippen molar-refractivity contribution >= 4 is 45.2 Å². The first-order chi connectivity index (χ1) is 10.0. The van der Waals surface area contributed by atoms with Crippen molar-refractivity contribution in [2.45, 2.75) is 11.4 Å². The van der Waals surface area contributed by atoms with Crippen LogP contribution in [-0.2, 0) is 6.54 Å². The molecule has 0 heterocycles. The van der Waals surface area contributed by atoms with Gasteiger partial charge >= 0.3 is 0 Å². The van der Waals surface area contributed by atoms with Gasteiger partial charge in [-0.3, -0.25) is 4.79 Å². The van der Waals surface area contributed by atoms with Crippen LogP contribution in [-0.4, -0.2) is 24.1 Å². The van der Waals surface area contributed by atoms with E-state index in [2.05, 4.69) is 28.1 Å². The number of carbonyl (C=O) groups is 1. The van der Waals surface area contributed by atoms with E-state index in [1.165, 1.54) is 4.90 Å². The number of benzene rings is 2. The van der Waals surface area contributed by atoms with Crippen LogP contribution in [0.1, 0.15) is 15.9 Å². The Balaban J connectivity index is 2.09. The van der Waals surface area contributed by atoms with Crippen LogP contribution < -0.4 is 0 Å². The number of thioether (sulfide) groups is 1. The maximum atomic E-state index is 12.4. The van der Waals surface area contributed by atoms with E-state index < -0.39 is 0 Å². The fourth-order valence-electron chi connectivity index (χ4n) is 1.93. The minimum absolute atomic E-state index is 0.0266. The molecule has 0 radical (unpaired) electrons. The van der Waals surface area contributed by atoms with Gasteiger partial charge in [-0.1, -0.05) is 23.7 Å². The average Bonchev–Trinajstić information content (AvgIpc) is 2.50. The van der Waals surface area contributed by atoms with Crippen LogP contribution in [0.3, 0.4) is 0 Å². The van der Waals surface area contributed by atoms with Gasteiger partial charge in [0.15, 0.2) is 0 Å². The van der Waals surface area contributed by atoms with Gasteiger partial charge in [-0.15, -0.1) is 11.8 Å². The quantitative estimate of drug-likeness (QED) is 0.684. The molecule has 0 fully saturated rings. The minimum Gasteiger partial charge on any atom is -0.337 e. The van der Waals surface area contributed by atoms with E-state index in [1.54, 1.807) is 41.9 Å². The SMILES string of the molecule is CSc1ccc(CN(C)C(=O)c2ccc(Cl)c(Br)c2)cc1. The Bertz CT molecular complexity index is 645. The molecule has 0 saturated heterocycles. The standard InChI is InChI=1S/C16H15BrClNOS/c1-19(10-11-3-6-13(21-2)7-4-11)16(20)12-5-8-15(18)14(17)9-12/h3-9H,10H2,1-2H3. The predicted molar refractivity (Wildman–Crippen MR) is 93.2 cm³/mol. The van der Waals surface area contributed by atoms with E-state index >= 15 is 0 Å². The molecule has 0 aliphatic heterocycles. The molecule has 5 heteroatoms. The van der Waals surface area contributed by atoms with Crippen molar-refractivity contribution in [2.75, 3.05) is 13.3 Å². The third-order valence-corrected chi connectivity index (χ3v) is 5.05. The van der Waals surface area contributed by atoms with Crippen LogP contribution in [0.4, 0.5) is 0 Å². The highest BCUT2D eigenvalue weighted by atomic mass is 79.9. The van der Waals surface area contributed by atoms with Gasteiger partial charge in [0.05, 0.1) is 5.02 Å². The van der Waals surface area contributed by atoms with Gasteiger partial charge in [0, 0.05) is 28.5 Å². The van der Waals surface area contributed by atoms with Gasteiger partial charge in [-0.25, -0.2) is 0 Å². The molecular formula is C16H15BrClNOS. The lowest BCUT2D eigenvalue weighted by molar-refractivity contribution is 0.0785. The summed E-state index contributed by atoms with van der Waals surface area (Å²) in [6.07, 6.45) is 2.04. The summed E-state index contributed by atoms with van der Waals surface area (Å²) >= 11 is 11.0. The molecule has 2 aromatic carbocycles. The lowest BCUT2D eigenvalue weighted by atomic mass is 10.1. The summed E-state index contributed by atoms with van der Waals surface area (Å²) in [6.45, 7) is 0.577. The van der Waals surface area contributed by atoms with Gasteiger partial charge in [-0.2, -0.15) is 0 Å². The van der Waals surface area contributed by atoms with E-state index in [1.807, 2.05) is 18.4 Å². The summed E-state index contributed by atoms with van der Waals surface area (Å²) in [6, 6.07) is 13.4. The molecule has 2 nitrogen and oxygen atoms in total. The van der Waals surface area contributed by atoms with Crippen LogP contribution in [0.15, 0.2) is 51.8 Å². The largest absolute Gasteiger partial charge is 0.337 e. The van der Waals surface area contributed by atoms with Crippen molar-refractivity contribution < 1.29 is 4.79 Å². The number of nitrogens with zero attached hydrogens (tertiary/aromatic N) is 1. The Labute approximate surface area is 142 Å². The summed E-state index contributed by atoms with van der Waals surface area (Å²) in [5, 5.41) is 0.599. The third-order valence-electron chi connectivity index (χ3n) is 3.09. The second-order valence-electron chi connectivity index (χ2n) is 4.64. The minimum atomic E-state index is -0.0266. The number of carbonyl (C=O) groups excluding carboxylic acids is 1. The summed E-state index contributed by atoms with van der Waals surface area (Å²) in [5.74, 6) is -0.0266. The number of halogens is 2. The Hall–Kier alpha value is -0.970. The monoisotopic (exact) mass is 383 g/mol. The van der Waals surface area contributed by atoms with Crippen LogP contribution in [0, 0.1) is 0 Å². The van der Waals surface area contributed by atoms with E-state index in [0.717, 1.165) is 10.0 Å². The summed E-state index contributed by atoms with van der Waals surface area (Å²) < 4.78 is 0.729. The van der Waals surface area contributed by atoms with Gasteiger partial charge < -0.3 is 4.90 Å². The van der Waals surface area contributed by atoms with E-state index in [4.69, 9.17) is 11.6 Å². The van der Waals surface area contributed by atoms with Gasteiger partial charge in [0.25, 0.3) is 5.91 Å². The highest BCUT2D eigenvalue weighted by Gasteiger charge is 2.13. The normalized spacial score (nSPS) is 10.5. The number of amides is 1. The molecule has 0 atom stereocenters. The Morgan fingerprint density at radius 3 is 2.48 bits per heavy atom. The van der Waals surface area contributed by atoms with Crippen molar-refractivity contribution in [3.63, 3.8) is 0 Å². The lowest BCUT2D eigenvalue weighted by Crippen LogP contribution is -2.26. The molecule has 0 aliphatic carbocycles. The first kappa shape index (κ1) is 16.4. The molecule has 0 aliphatic rings. The van der Waals surface area contributed by atoms with Crippen LogP contribution in [0.2, 0.25) is 5.02 Å². The Morgan fingerprint density at radius 2 is 1.90 bits per heavy atom. The second-order valence-corrected chi connectivity index (χ2v) is 6.78. The van der Waals surface area contributed by atoms with E-state index in [-0.39, 0.29) is 5.91 Å². The third kappa shape index (κ3) is 4.25. The molecule has 0 aromatic heterocycles. The smallest absolute Gasteiger partial charge is 0.253 e. The fourth-order valence-corrected chi connectivity index (χ4v) is 2.83. The first-order valence-electron chi connectivity index (χ1n) is 6.34. The Kier molecular flexibility index (Phi) is 5.73.